The number of nitro benzene ring substituents is 1. The van der Waals surface area contributed by atoms with E-state index in [0.29, 0.717) is 37.8 Å². The minimum absolute atomic E-state index is 0.0599. The average molecular weight is 475 g/mol. The van der Waals surface area contributed by atoms with E-state index >= 15 is 0 Å². The molecule has 180 valence electrons. The average Bonchev–Trinajstić information content (AvgIpc) is 3.04. The molecule has 0 unspecified atom stereocenters. The minimum Gasteiger partial charge on any atom is -0.379 e. The van der Waals surface area contributed by atoms with E-state index in [0.717, 1.165) is 30.7 Å². The highest BCUT2D eigenvalue weighted by Crippen LogP contribution is 2.34. The van der Waals surface area contributed by atoms with Crippen molar-refractivity contribution in [3.63, 3.8) is 0 Å². The van der Waals surface area contributed by atoms with Crippen molar-refractivity contribution < 1.29 is 22.9 Å². The second kappa shape index (κ2) is 11.0. The van der Waals surface area contributed by atoms with Crippen LogP contribution in [0.1, 0.15) is 29.5 Å². The number of carbonyl (C=O) groups excluding carboxylic acids is 1. The van der Waals surface area contributed by atoms with E-state index in [2.05, 4.69) is 16.3 Å². The lowest BCUT2D eigenvalue weighted by molar-refractivity contribution is -0.384. The van der Waals surface area contributed by atoms with Crippen LogP contribution in [0.3, 0.4) is 0 Å². The normalized spacial score (nSPS) is 14.8. The van der Waals surface area contributed by atoms with Gasteiger partial charge in [-0.15, -0.1) is 0 Å². The molecule has 1 heterocycles. The number of benzene rings is 2. The first kappa shape index (κ1) is 25.0. The van der Waals surface area contributed by atoms with Crippen LogP contribution in [0.15, 0.2) is 42.5 Å². The van der Waals surface area contributed by atoms with Crippen molar-refractivity contribution in [2.24, 2.45) is 0 Å². The number of nitriles is 1. The van der Waals surface area contributed by atoms with Crippen molar-refractivity contribution in [2.75, 3.05) is 38.0 Å². The minimum atomic E-state index is -4.68. The smallest absolute Gasteiger partial charge is 0.379 e. The van der Waals surface area contributed by atoms with Gasteiger partial charge in [0.15, 0.2) is 0 Å². The first-order valence-corrected chi connectivity index (χ1v) is 10.8. The maximum atomic E-state index is 12.8. The Balaban J connectivity index is 1.50. The molecule has 0 atom stereocenters. The molecule has 1 saturated heterocycles. The number of nitro groups is 1. The zero-order valence-electron chi connectivity index (χ0n) is 18.3. The molecule has 1 N–H and O–H groups in total. The molecule has 0 aliphatic carbocycles. The molecule has 2 aromatic carbocycles. The third-order valence-corrected chi connectivity index (χ3v) is 5.61. The number of anilines is 1. The van der Waals surface area contributed by atoms with E-state index in [9.17, 15) is 28.1 Å². The van der Waals surface area contributed by atoms with E-state index in [4.69, 9.17) is 5.26 Å². The second-order valence-electron chi connectivity index (χ2n) is 7.98. The number of amides is 1. The number of nitrogens with one attached hydrogen (secondary N) is 1. The quantitative estimate of drug-likeness (QED) is 0.479. The molecule has 2 aromatic rings. The summed E-state index contributed by atoms with van der Waals surface area (Å²) in [7, 11) is 0. The number of alkyl halides is 3. The summed E-state index contributed by atoms with van der Waals surface area (Å²) < 4.78 is 38.5. The van der Waals surface area contributed by atoms with Crippen LogP contribution >= 0.6 is 0 Å². The van der Waals surface area contributed by atoms with E-state index in [1.165, 1.54) is 0 Å². The van der Waals surface area contributed by atoms with Crippen molar-refractivity contribution in [3.05, 3.63) is 69.3 Å². The molecule has 0 bridgehead atoms. The molecule has 1 fully saturated rings. The number of hydrogen-bond acceptors (Lipinski definition) is 6. The van der Waals surface area contributed by atoms with Gasteiger partial charge < -0.3 is 10.2 Å². The molecule has 1 aliphatic rings. The van der Waals surface area contributed by atoms with Crippen LogP contribution < -0.4 is 5.32 Å². The molecule has 0 saturated carbocycles. The summed E-state index contributed by atoms with van der Waals surface area (Å²) in [5.74, 6) is -0.123. The lowest BCUT2D eigenvalue weighted by atomic mass is 10.1. The number of hydrogen-bond donors (Lipinski definition) is 1. The first-order valence-electron chi connectivity index (χ1n) is 10.8. The van der Waals surface area contributed by atoms with Crippen LogP contribution in [0.2, 0.25) is 0 Å². The van der Waals surface area contributed by atoms with Gasteiger partial charge in [0.1, 0.15) is 5.69 Å². The fourth-order valence-corrected chi connectivity index (χ4v) is 3.79. The van der Waals surface area contributed by atoms with E-state index in [1.807, 2.05) is 12.1 Å². The van der Waals surface area contributed by atoms with Gasteiger partial charge in [0.2, 0.25) is 5.91 Å². The van der Waals surface area contributed by atoms with Crippen LogP contribution in [0.25, 0.3) is 0 Å². The predicted molar refractivity (Wildman–Crippen MR) is 119 cm³/mol. The number of halogens is 3. The second-order valence-corrected chi connectivity index (χ2v) is 7.98. The Hall–Kier alpha value is -3.65. The van der Waals surface area contributed by atoms with Gasteiger partial charge in [-0.05, 0) is 36.2 Å². The van der Waals surface area contributed by atoms with E-state index in [1.54, 1.807) is 17.0 Å². The van der Waals surface area contributed by atoms with Crippen molar-refractivity contribution >= 4 is 17.3 Å². The molecular formula is C23H24F3N5O3. The summed E-state index contributed by atoms with van der Waals surface area (Å²) in [5, 5.41) is 22.8. The van der Waals surface area contributed by atoms with Crippen molar-refractivity contribution in [2.45, 2.75) is 25.6 Å². The molecule has 34 heavy (non-hydrogen) atoms. The van der Waals surface area contributed by atoms with Crippen molar-refractivity contribution in [1.29, 1.82) is 5.26 Å². The molecule has 1 amide bonds. The molecule has 3 rings (SSSR count). The monoisotopic (exact) mass is 475 g/mol. The third-order valence-electron chi connectivity index (χ3n) is 5.61. The Labute approximate surface area is 194 Å². The molecule has 11 heteroatoms. The number of rotatable bonds is 7. The zero-order chi connectivity index (χ0) is 24.7. The standard InChI is InChI=1S/C23H24F3N5O3/c24-23(25,26)19-6-7-20(21(14-19)31(33)34)28-9-8-22(32)30-11-1-10-29(12-13-30)16-18-4-2-17(15-27)3-5-18/h2-7,14,28H,1,8-13,16H2. The summed E-state index contributed by atoms with van der Waals surface area (Å²) >= 11 is 0. The van der Waals surface area contributed by atoms with Crippen molar-refractivity contribution in [1.82, 2.24) is 9.80 Å². The molecular weight excluding hydrogens is 451 g/mol. The lowest BCUT2D eigenvalue weighted by Gasteiger charge is -2.22. The van der Waals surface area contributed by atoms with Crippen molar-refractivity contribution in [3.8, 4) is 6.07 Å². The molecule has 0 spiro atoms. The summed E-state index contributed by atoms with van der Waals surface area (Å²) in [5.41, 5.74) is -0.158. The summed E-state index contributed by atoms with van der Waals surface area (Å²) in [6, 6.07) is 11.7. The molecule has 8 nitrogen and oxygen atoms in total. The first-order chi connectivity index (χ1) is 16.2. The van der Waals surface area contributed by atoms with Gasteiger partial charge in [-0.1, -0.05) is 12.1 Å². The van der Waals surface area contributed by atoms with Gasteiger partial charge in [0.05, 0.1) is 22.1 Å². The SMILES string of the molecule is N#Cc1ccc(CN2CCCN(C(=O)CCNc3ccc(C(F)(F)F)cc3[N+](=O)[O-])CC2)cc1. The van der Waals surface area contributed by atoms with Crippen LogP contribution in [0.4, 0.5) is 24.5 Å². The lowest BCUT2D eigenvalue weighted by Crippen LogP contribution is -2.35. The Morgan fingerprint density at radius 3 is 2.50 bits per heavy atom. The number of nitrogens with zero attached hydrogens (tertiary/aromatic N) is 4. The van der Waals surface area contributed by atoms with E-state index < -0.39 is 22.4 Å². The van der Waals surface area contributed by atoms with Crippen LogP contribution in [-0.2, 0) is 17.5 Å². The van der Waals surface area contributed by atoms with Gasteiger partial charge >= 0.3 is 6.18 Å². The molecule has 1 aliphatic heterocycles. The predicted octanol–water partition coefficient (Wildman–Crippen LogP) is 4.02. The summed E-state index contributed by atoms with van der Waals surface area (Å²) in [6.07, 6.45) is -3.83. The van der Waals surface area contributed by atoms with Gasteiger partial charge in [0, 0.05) is 51.8 Å². The Morgan fingerprint density at radius 1 is 1.12 bits per heavy atom. The van der Waals surface area contributed by atoms with Gasteiger partial charge in [-0.25, -0.2) is 0 Å². The van der Waals surface area contributed by atoms with Gasteiger partial charge in [-0.3, -0.25) is 19.8 Å². The maximum absolute atomic E-state index is 12.8. The maximum Gasteiger partial charge on any atom is 0.416 e. The fourth-order valence-electron chi connectivity index (χ4n) is 3.79. The van der Waals surface area contributed by atoms with Crippen LogP contribution in [0.5, 0.6) is 0 Å². The Kier molecular flexibility index (Phi) is 8.07. The van der Waals surface area contributed by atoms with Crippen LogP contribution in [0, 0.1) is 21.4 Å². The third kappa shape index (κ3) is 6.68. The fraction of sp³-hybridized carbons (Fsp3) is 0.391. The Bertz CT molecular complexity index is 1070. The number of carbonyl (C=O) groups is 1. The van der Waals surface area contributed by atoms with Gasteiger partial charge in [-0.2, -0.15) is 18.4 Å². The highest BCUT2D eigenvalue weighted by Gasteiger charge is 2.33. The van der Waals surface area contributed by atoms with E-state index in [-0.39, 0.29) is 24.6 Å². The summed E-state index contributed by atoms with van der Waals surface area (Å²) in [6.45, 7) is 3.41. The highest BCUT2D eigenvalue weighted by molar-refractivity contribution is 5.77. The van der Waals surface area contributed by atoms with Crippen LogP contribution in [-0.4, -0.2) is 53.4 Å². The Morgan fingerprint density at radius 2 is 1.85 bits per heavy atom. The summed E-state index contributed by atoms with van der Waals surface area (Å²) in [4.78, 5) is 26.9. The van der Waals surface area contributed by atoms with Gasteiger partial charge in [0.25, 0.3) is 5.69 Å². The topological polar surface area (TPSA) is 103 Å². The largest absolute Gasteiger partial charge is 0.416 e. The molecule has 0 radical (unpaired) electrons. The zero-order valence-corrected chi connectivity index (χ0v) is 18.3. The highest BCUT2D eigenvalue weighted by atomic mass is 19.4. The molecule has 0 aromatic heterocycles.